The number of aryl methyl sites for hydroxylation is 1. The molecular weight excluding hydrogens is 498 g/mol. The molecule has 0 aliphatic heterocycles. The normalized spacial score (nSPS) is 13.6. The molecule has 198 valence electrons. The molecule has 2 atom stereocenters. The molecule has 0 saturated carbocycles. The Morgan fingerprint density at radius 3 is 2.08 bits per heavy atom. The molecular formula is C27H37NO6S2. The van der Waals surface area contributed by atoms with E-state index in [0.717, 1.165) is 22.9 Å². The average molecular weight is 536 g/mol. The highest BCUT2D eigenvalue weighted by atomic mass is 32.2. The van der Waals surface area contributed by atoms with Crippen LogP contribution in [0.1, 0.15) is 51.7 Å². The fraction of sp³-hybridized carbons (Fsp3) is 0.481. The van der Waals surface area contributed by atoms with Gasteiger partial charge < -0.3 is 10.1 Å². The van der Waals surface area contributed by atoms with Gasteiger partial charge in [0.05, 0.1) is 12.4 Å². The van der Waals surface area contributed by atoms with Gasteiger partial charge >= 0.3 is 6.09 Å². The summed E-state index contributed by atoms with van der Waals surface area (Å²) in [6.45, 7) is 7.28. The van der Waals surface area contributed by atoms with E-state index in [9.17, 15) is 18.0 Å². The first-order valence-electron chi connectivity index (χ1n) is 12.0. The fourth-order valence-corrected chi connectivity index (χ4v) is 5.60. The van der Waals surface area contributed by atoms with Gasteiger partial charge in [-0.15, -0.1) is 0 Å². The Hall–Kier alpha value is -2.36. The zero-order valence-electron chi connectivity index (χ0n) is 21.4. The van der Waals surface area contributed by atoms with Gasteiger partial charge in [-0.25, -0.2) is 4.79 Å². The van der Waals surface area contributed by atoms with Crippen LogP contribution >= 0.6 is 11.8 Å². The highest BCUT2D eigenvalue weighted by Gasteiger charge is 2.28. The van der Waals surface area contributed by atoms with E-state index >= 15 is 0 Å². The smallest absolute Gasteiger partial charge is 0.407 e. The molecule has 0 radical (unpaired) electrons. The van der Waals surface area contributed by atoms with Crippen molar-refractivity contribution >= 4 is 33.1 Å². The van der Waals surface area contributed by atoms with Crippen molar-refractivity contribution in [3.63, 3.8) is 0 Å². The van der Waals surface area contributed by atoms with Crippen LogP contribution in [0.4, 0.5) is 4.79 Å². The Kier molecular flexibility index (Phi) is 11.9. The lowest BCUT2D eigenvalue weighted by Gasteiger charge is -2.27. The molecule has 0 aliphatic carbocycles. The molecule has 36 heavy (non-hydrogen) atoms. The molecule has 2 rings (SSSR count). The highest BCUT2D eigenvalue weighted by molar-refractivity contribution is 8.14. The Balaban J connectivity index is 2.13. The van der Waals surface area contributed by atoms with Gasteiger partial charge in [-0.05, 0) is 35.8 Å². The molecule has 2 aromatic rings. The molecule has 0 bridgehead atoms. The zero-order chi connectivity index (χ0) is 26.6. The van der Waals surface area contributed by atoms with E-state index in [1.807, 2.05) is 81.4 Å². The van der Waals surface area contributed by atoms with Gasteiger partial charge in [0.2, 0.25) is 0 Å². The van der Waals surface area contributed by atoms with E-state index in [0.29, 0.717) is 12.8 Å². The minimum Gasteiger partial charge on any atom is -0.445 e. The van der Waals surface area contributed by atoms with Crippen molar-refractivity contribution in [2.75, 3.05) is 12.4 Å². The predicted octanol–water partition coefficient (Wildman–Crippen LogP) is 5.35. The molecule has 0 spiro atoms. The summed E-state index contributed by atoms with van der Waals surface area (Å²) in [6, 6.07) is 18.5. The molecule has 2 aromatic carbocycles. The Morgan fingerprint density at radius 1 is 0.944 bits per heavy atom. The van der Waals surface area contributed by atoms with E-state index < -0.39 is 22.3 Å². The lowest BCUT2D eigenvalue weighted by Crippen LogP contribution is -2.44. The molecule has 0 heterocycles. The highest BCUT2D eigenvalue weighted by Crippen LogP contribution is 2.25. The number of hydrogen-bond acceptors (Lipinski definition) is 7. The van der Waals surface area contributed by atoms with Gasteiger partial charge in [-0.2, -0.15) is 8.42 Å². The van der Waals surface area contributed by atoms with Crippen molar-refractivity contribution in [1.29, 1.82) is 0 Å². The van der Waals surface area contributed by atoms with Gasteiger partial charge in [0.25, 0.3) is 10.1 Å². The maximum atomic E-state index is 12.7. The number of alkyl carbamates (subject to hydrolysis) is 1. The van der Waals surface area contributed by atoms with Crippen LogP contribution < -0.4 is 5.32 Å². The number of amides is 1. The third-order valence-corrected chi connectivity index (χ3v) is 7.60. The first kappa shape index (κ1) is 29.9. The minimum atomic E-state index is -3.82. The number of carbonyl (C=O) groups excluding carboxylic acids is 2. The lowest BCUT2D eigenvalue weighted by atomic mass is 9.99. The third-order valence-electron chi connectivity index (χ3n) is 5.19. The topological polar surface area (TPSA) is 98.8 Å². The summed E-state index contributed by atoms with van der Waals surface area (Å²) in [5, 5.41) is 2.37. The number of ether oxygens (including phenoxy) is 1. The second kappa shape index (κ2) is 14.4. The number of benzene rings is 2. The average Bonchev–Trinajstić information content (AvgIpc) is 2.82. The predicted molar refractivity (Wildman–Crippen MR) is 144 cm³/mol. The minimum absolute atomic E-state index is 0.0617. The monoisotopic (exact) mass is 535 g/mol. The van der Waals surface area contributed by atoms with Crippen molar-refractivity contribution in [2.24, 2.45) is 5.41 Å². The second-order valence-electron chi connectivity index (χ2n) is 9.86. The van der Waals surface area contributed by atoms with Gasteiger partial charge in [-0.1, -0.05) is 93.2 Å². The van der Waals surface area contributed by atoms with E-state index in [4.69, 9.17) is 8.92 Å². The molecule has 0 unspecified atom stereocenters. The Bertz CT molecular complexity index is 1050. The summed E-state index contributed by atoms with van der Waals surface area (Å²) >= 11 is 1.11. The van der Waals surface area contributed by atoms with Crippen molar-refractivity contribution < 1.29 is 26.9 Å². The van der Waals surface area contributed by atoms with Crippen LogP contribution in [-0.2, 0) is 36.9 Å². The summed E-state index contributed by atoms with van der Waals surface area (Å²) in [4.78, 5) is 24.7. The number of hydrogen-bond donors (Lipinski definition) is 1. The third kappa shape index (κ3) is 12.6. The summed E-state index contributed by atoms with van der Waals surface area (Å²) < 4.78 is 35.7. The van der Waals surface area contributed by atoms with Crippen LogP contribution in [0.5, 0.6) is 0 Å². The molecule has 0 aliphatic rings. The second-order valence-corrected chi connectivity index (χ2v) is 13.0. The number of nitrogens with one attached hydrogen (secondary N) is 1. The van der Waals surface area contributed by atoms with Gasteiger partial charge in [0.15, 0.2) is 5.12 Å². The van der Waals surface area contributed by atoms with Crippen molar-refractivity contribution in [3.05, 3.63) is 71.8 Å². The summed E-state index contributed by atoms with van der Waals surface area (Å²) in [5.74, 6) is -0.285. The van der Waals surface area contributed by atoms with Gasteiger partial charge in [-0.3, -0.25) is 8.98 Å². The van der Waals surface area contributed by atoms with Crippen LogP contribution in [0, 0.1) is 5.41 Å². The first-order valence-corrected chi connectivity index (χ1v) is 14.4. The molecule has 0 aromatic heterocycles. The molecule has 7 nitrogen and oxygen atoms in total. The summed E-state index contributed by atoms with van der Waals surface area (Å²) in [7, 11) is -3.82. The van der Waals surface area contributed by atoms with Gasteiger partial charge in [0, 0.05) is 18.2 Å². The number of rotatable bonds is 13. The number of carbonyl (C=O) groups is 2. The van der Waals surface area contributed by atoms with E-state index in [-0.39, 0.29) is 41.2 Å². The Morgan fingerprint density at radius 2 is 1.53 bits per heavy atom. The molecule has 0 fully saturated rings. The number of thioether (sulfide) groups is 1. The zero-order valence-corrected chi connectivity index (χ0v) is 23.1. The van der Waals surface area contributed by atoms with Crippen molar-refractivity contribution in [2.45, 2.75) is 64.9 Å². The largest absolute Gasteiger partial charge is 0.445 e. The van der Waals surface area contributed by atoms with Crippen LogP contribution in [0.3, 0.4) is 0 Å². The quantitative estimate of drug-likeness (QED) is 0.345. The van der Waals surface area contributed by atoms with E-state index in [1.54, 1.807) is 0 Å². The lowest BCUT2D eigenvalue weighted by molar-refractivity contribution is -0.109. The maximum Gasteiger partial charge on any atom is 0.407 e. The molecule has 0 saturated heterocycles. The van der Waals surface area contributed by atoms with Crippen molar-refractivity contribution in [3.8, 4) is 0 Å². The van der Waals surface area contributed by atoms with Crippen LogP contribution in [0.2, 0.25) is 0 Å². The Labute approximate surface area is 219 Å². The first-order chi connectivity index (χ1) is 16.9. The molecule has 1 N–H and O–H groups in total. The summed E-state index contributed by atoms with van der Waals surface area (Å²) in [6.07, 6.45) is 0.676. The van der Waals surface area contributed by atoms with Gasteiger partial charge in [0.1, 0.15) is 6.61 Å². The maximum absolute atomic E-state index is 12.7. The molecule has 9 heteroatoms. The van der Waals surface area contributed by atoms with Crippen LogP contribution in [-0.4, -0.2) is 43.3 Å². The standard InChI is InChI=1S/C27H37NO6S2/c1-21(29)35-25(16-15-22-11-7-5-8-12-22)24(17-18-36(31,32)34-20-27(2,3)4)28-26(30)33-19-23-13-9-6-10-14-23/h5-14,24-25H,15-20H2,1-4H3,(H,28,30)/t24-,25-/m0/s1. The SMILES string of the molecule is CC(=O)S[C@@H](CCc1ccccc1)[C@H](CCS(=O)(=O)OCC(C)(C)C)NC(=O)OCc1ccccc1. The fourth-order valence-electron chi connectivity index (χ4n) is 3.37. The van der Waals surface area contributed by atoms with Crippen LogP contribution in [0.25, 0.3) is 0 Å². The molecule has 1 amide bonds. The van der Waals surface area contributed by atoms with Crippen molar-refractivity contribution in [1.82, 2.24) is 5.32 Å². The van der Waals surface area contributed by atoms with Crippen LogP contribution in [0.15, 0.2) is 60.7 Å². The summed E-state index contributed by atoms with van der Waals surface area (Å²) in [5.41, 5.74) is 1.62. The van der Waals surface area contributed by atoms with E-state index in [2.05, 4.69) is 5.32 Å². The van der Waals surface area contributed by atoms with E-state index in [1.165, 1.54) is 6.92 Å².